The summed E-state index contributed by atoms with van der Waals surface area (Å²) < 4.78 is 73.4. The van der Waals surface area contributed by atoms with E-state index in [1.54, 1.807) is 0 Å². The molecule has 4 nitrogen and oxygen atoms in total. The first-order chi connectivity index (χ1) is 9.50. The fraction of sp³-hybridized carbons (Fsp3) is 0.364. The first kappa shape index (κ1) is 16.0. The number of alkyl halides is 3. The molecule has 1 saturated heterocycles. The van der Waals surface area contributed by atoms with Gasteiger partial charge in [0.1, 0.15) is 11.1 Å². The summed E-state index contributed by atoms with van der Waals surface area (Å²) >= 11 is 0. The Balaban J connectivity index is 2.38. The molecule has 0 bridgehead atoms. The summed E-state index contributed by atoms with van der Waals surface area (Å²) in [6, 6.07) is 2.02. The standard InChI is InChI=1S/C11H8ClF4NO3S/c12-21(19,20)7-4-10(18)17(5-7)6-1-2-9(13)8(3-6)11(14,15)16/h1-3,7H,4-5H2. The topological polar surface area (TPSA) is 54.5 Å². The molecule has 1 aromatic carbocycles. The van der Waals surface area contributed by atoms with Crippen molar-refractivity contribution in [2.24, 2.45) is 0 Å². The summed E-state index contributed by atoms with van der Waals surface area (Å²) in [4.78, 5) is 12.6. The van der Waals surface area contributed by atoms with Crippen molar-refractivity contribution in [2.75, 3.05) is 11.4 Å². The minimum atomic E-state index is -4.92. The smallest absolute Gasteiger partial charge is 0.311 e. The number of amides is 1. The van der Waals surface area contributed by atoms with Crippen molar-refractivity contribution in [3.8, 4) is 0 Å². The third-order valence-corrected chi connectivity index (χ3v) is 4.92. The van der Waals surface area contributed by atoms with Gasteiger partial charge >= 0.3 is 6.18 Å². The molecule has 2 rings (SSSR count). The second-order valence-corrected chi connectivity index (χ2v) is 7.38. The van der Waals surface area contributed by atoms with E-state index < -0.39 is 44.2 Å². The zero-order chi connectivity index (χ0) is 16.0. The molecule has 21 heavy (non-hydrogen) atoms. The van der Waals surface area contributed by atoms with Crippen molar-refractivity contribution in [2.45, 2.75) is 17.8 Å². The lowest BCUT2D eigenvalue weighted by molar-refractivity contribution is -0.140. The maximum Gasteiger partial charge on any atom is 0.419 e. The lowest BCUT2D eigenvalue weighted by Crippen LogP contribution is -2.27. The molecule has 1 aliphatic heterocycles. The fourth-order valence-corrected chi connectivity index (χ4v) is 3.04. The normalized spacial score (nSPS) is 20.1. The van der Waals surface area contributed by atoms with Gasteiger partial charge in [0.2, 0.25) is 15.0 Å². The zero-order valence-corrected chi connectivity index (χ0v) is 11.8. The molecular formula is C11H8ClF4NO3S. The van der Waals surface area contributed by atoms with Gasteiger partial charge in [0.15, 0.2) is 0 Å². The molecule has 0 N–H and O–H groups in total. The number of anilines is 1. The number of hydrogen-bond acceptors (Lipinski definition) is 3. The van der Waals surface area contributed by atoms with Crippen LogP contribution in [0.1, 0.15) is 12.0 Å². The number of hydrogen-bond donors (Lipinski definition) is 0. The second kappa shape index (κ2) is 5.13. The Morgan fingerprint density at radius 1 is 1.29 bits per heavy atom. The number of nitrogens with zero attached hydrogens (tertiary/aromatic N) is 1. The number of rotatable bonds is 2. The third kappa shape index (κ3) is 3.29. The lowest BCUT2D eigenvalue weighted by Gasteiger charge is -2.18. The second-order valence-electron chi connectivity index (χ2n) is 4.47. The van der Waals surface area contributed by atoms with Crippen LogP contribution in [-0.2, 0) is 20.0 Å². The molecule has 1 heterocycles. The Morgan fingerprint density at radius 2 is 1.90 bits per heavy atom. The van der Waals surface area contributed by atoms with Crippen LogP contribution in [0.3, 0.4) is 0 Å². The van der Waals surface area contributed by atoms with Crippen LogP contribution in [0, 0.1) is 5.82 Å². The molecule has 1 aromatic rings. The van der Waals surface area contributed by atoms with E-state index >= 15 is 0 Å². The molecule has 0 aromatic heterocycles. The van der Waals surface area contributed by atoms with Gasteiger partial charge in [-0.1, -0.05) is 0 Å². The number of halogens is 5. The fourth-order valence-electron chi connectivity index (χ4n) is 2.01. The minimum absolute atomic E-state index is 0.225. The molecule has 1 amide bonds. The van der Waals surface area contributed by atoms with Gasteiger partial charge in [-0.15, -0.1) is 0 Å². The largest absolute Gasteiger partial charge is 0.419 e. The Labute approximate surface area is 121 Å². The molecule has 1 atom stereocenters. The number of benzene rings is 1. The van der Waals surface area contributed by atoms with E-state index in [0.717, 1.165) is 11.0 Å². The summed E-state index contributed by atoms with van der Waals surface area (Å²) in [5.41, 5.74) is -1.75. The molecule has 116 valence electrons. The van der Waals surface area contributed by atoms with Crippen molar-refractivity contribution in [3.63, 3.8) is 0 Å². The molecule has 1 fully saturated rings. The van der Waals surface area contributed by atoms with Crippen LogP contribution in [0.15, 0.2) is 18.2 Å². The average molecular weight is 346 g/mol. The third-order valence-electron chi connectivity index (χ3n) is 3.05. The van der Waals surface area contributed by atoms with Crippen LogP contribution in [0.2, 0.25) is 0 Å². The average Bonchev–Trinajstić information content (AvgIpc) is 2.70. The van der Waals surface area contributed by atoms with Crippen LogP contribution < -0.4 is 4.90 Å². The Morgan fingerprint density at radius 3 is 2.38 bits per heavy atom. The van der Waals surface area contributed by atoms with Gasteiger partial charge in [-0.3, -0.25) is 4.79 Å². The Bertz CT molecular complexity index is 689. The zero-order valence-electron chi connectivity index (χ0n) is 10.2. The molecular weight excluding hydrogens is 338 g/mol. The Kier molecular flexibility index (Phi) is 3.92. The van der Waals surface area contributed by atoms with Gasteiger partial charge in [-0.25, -0.2) is 12.8 Å². The molecule has 1 unspecified atom stereocenters. The molecule has 0 spiro atoms. The SMILES string of the molecule is O=C1CC(S(=O)(=O)Cl)CN1c1ccc(F)c(C(F)(F)F)c1. The van der Waals surface area contributed by atoms with Crippen molar-refractivity contribution in [3.05, 3.63) is 29.6 Å². The maximum atomic E-state index is 13.2. The molecule has 10 heteroatoms. The molecule has 0 radical (unpaired) electrons. The van der Waals surface area contributed by atoms with Gasteiger partial charge in [0.25, 0.3) is 0 Å². The van der Waals surface area contributed by atoms with E-state index in [0.29, 0.717) is 12.1 Å². The van der Waals surface area contributed by atoms with Crippen LogP contribution in [-0.4, -0.2) is 26.1 Å². The van der Waals surface area contributed by atoms with Crippen LogP contribution >= 0.6 is 10.7 Å². The summed E-state index contributed by atoms with van der Waals surface area (Å²) in [5, 5.41) is -1.20. The quantitative estimate of drug-likeness (QED) is 0.611. The van der Waals surface area contributed by atoms with Gasteiger partial charge < -0.3 is 4.90 Å². The van der Waals surface area contributed by atoms with Crippen molar-refractivity contribution in [1.29, 1.82) is 0 Å². The maximum absolute atomic E-state index is 13.2. The highest BCUT2D eigenvalue weighted by atomic mass is 35.7. The molecule has 1 aliphatic rings. The minimum Gasteiger partial charge on any atom is -0.311 e. The van der Waals surface area contributed by atoms with E-state index in [-0.39, 0.29) is 12.2 Å². The highest BCUT2D eigenvalue weighted by molar-refractivity contribution is 8.14. The lowest BCUT2D eigenvalue weighted by atomic mass is 10.1. The number of carbonyl (C=O) groups is 1. The first-order valence-electron chi connectivity index (χ1n) is 5.60. The Hall–Kier alpha value is -1.35. The van der Waals surface area contributed by atoms with E-state index in [9.17, 15) is 30.8 Å². The van der Waals surface area contributed by atoms with Gasteiger partial charge in [-0.2, -0.15) is 13.2 Å². The summed E-state index contributed by atoms with van der Waals surface area (Å²) in [6.07, 6.45) is -5.34. The van der Waals surface area contributed by atoms with Gasteiger partial charge in [0, 0.05) is 29.3 Å². The monoisotopic (exact) mass is 345 g/mol. The highest BCUT2D eigenvalue weighted by Crippen LogP contribution is 2.35. The van der Waals surface area contributed by atoms with Crippen LogP contribution in [0.5, 0.6) is 0 Å². The van der Waals surface area contributed by atoms with Gasteiger partial charge in [0.05, 0.1) is 5.56 Å². The molecule has 0 saturated carbocycles. The molecule has 0 aliphatic carbocycles. The summed E-state index contributed by atoms with van der Waals surface area (Å²) in [7, 11) is 1.13. The number of carbonyl (C=O) groups excluding carboxylic acids is 1. The highest BCUT2D eigenvalue weighted by Gasteiger charge is 2.40. The predicted octanol–water partition coefficient (Wildman–Crippen LogP) is 2.52. The first-order valence-corrected chi connectivity index (χ1v) is 7.98. The van der Waals surface area contributed by atoms with Crippen molar-refractivity contribution < 1.29 is 30.8 Å². The van der Waals surface area contributed by atoms with E-state index in [1.165, 1.54) is 0 Å². The van der Waals surface area contributed by atoms with Crippen molar-refractivity contribution in [1.82, 2.24) is 0 Å². The van der Waals surface area contributed by atoms with Gasteiger partial charge in [-0.05, 0) is 18.2 Å². The summed E-state index contributed by atoms with van der Waals surface area (Å²) in [5.74, 6) is -2.16. The van der Waals surface area contributed by atoms with E-state index in [1.807, 2.05) is 0 Å². The van der Waals surface area contributed by atoms with E-state index in [4.69, 9.17) is 10.7 Å². The predicted molar refractivity (Wildman–Crippen MR) is 66.9 cm³/mol. The summed E-state index contributed by atoms with van der Waals surface area (Å²) in [6.45, 7) is -0.367. The van der Waals surface area contributed by atoms with Crippen LogP contribution in [0.25, 0.3) is 0 Å². The van der Waals surface area contributed by atoms with Crippen LogP contribution in [0.4, 0.5) is 23.2 Å². The van der Waals surface area contributed by atoms with Crippen molar-refractivity contribution >= 4 is 31.3 Å². The van der Waals surface area contributed by atoms with E-state index in [2.05, 4.69) is 0 Å².